The maximum absolute atomic E-state index is 12.6. The Balaban J connectivity index is 3.02. The second-order valence-electron chi connectivity index (χ2n) is 3.90. The molecule has 0 amide bonds. The van der Waals surface area contributed by atoms with E-state index in [2.05, 4.69) is 15.9 Å². The van der Waals surface area contributed by atoms with Gasteiger partial charge in [0, 0.05) is 4.47 Å². The first kappa shape index (κ1) is 13.1. The zero-order chi connectivity index (χ0) is 12.3. The number of hydrogen-bond acceptors (Lipinski definition) is 2. The summed E-state index contributed by atoms with van der Waals surface area (Å²) in [5.41, 5.74) is 4.96. The number of rotatable bonds is 3. The summed E-state index contributed by atoms with van der Waals surface area (Å²) < 4.78 is 25.9. The van der Waals surface area contributed by atoms with E-state index < -0.39 is 12.0 Å². The van der Waals surface area contributed by atoms with Crippen LogP contribution in [-0.4, -0.2) is 12.0 Å². The molecule has 5 heteroatoms. The molecular formula is C11H11BrF2N2. The van der Waals surface area contributed by atoms with E-state index in [4.69, 9.17) is 11.0 Å². The normalized spacial score (nSPS) is 14.6. The third kappa shape index (κ3) is 3.00. The molecule has 0 bridgehead atoms. The van der Waals surface area contributed by atoms with Crippen LogP contribution in [0.4, 0.5) is 8.78 Å². The fourth-order valence-electron chi connectivity index (χ4n) is 1.27. The number of nitrogens with zero attached hydrogens (tertiary/aromatic N) is 1. The van der Waals surface area contributed by atoms with Crippen LogP contribution in [0.3, 0.4) is 0 Å². The van der Waals surface area contributed by atoms with Gasteiger partial charge in [0.05, 0.1) is 17.2 Å². The molecule has 2 nitrogen and oxygen atoms in total. The summed E-state index contributed by atoms with van der Waals surface area (Å²) in [7, 11) is 0. The van der Waals surface area contributed by atoms with E-state index in [0.29, 0.717) is 15.6 Å². The highest BCUT2D eigenvalue weighted by atomic mass is 79.9. The van der Waals surface area contributed by atoms with E-state index in [1.165, 1.54) is 6.92 Å². The summed E-state index contributed by atoms with van der Waals surface area (Å²) in [4.78, 5) is 0. The molecule has 1 aromatic carbocycles. The summed E-state index contributed by atoms with van der Waals surface area (Å²) in [5.74, 6) is 0. The number of hydrogen-bond donors (Lipinski definition) is 1. The summed E-state index contributed by atoms with van der Waals surface area (Å²) in [6.07, 6.45) is -2.59. The SMILES string of the molecule is CC(N)(Cc1cc(C#N)ccc1Br)C(F)F. The van der Waals surface area contributed by atoms with Gasteiger partial charge in [0.2, 0.25) is 0 Å². The Morgan fingerprint density at radius 2 is 2.19 bits per heavy atom. The van der Waals surface area contributed by atoms with Crippen LogP contribution in [0, 0.1) is 11.3 Å². The van der Waals surface area contributed by atoms with Crippen LogP contribution in [0.25, 0.3) is 0 Å². The third-order valence-corrected chi connectivity index (χ3v) is 3.02. The molecule has 0 aromatic heterocycles. The first-order chi connectivity index (χ1) is 7.36. The van der Waals surface area contributed by atoms with Crippen molar-refractivity contribution < 1.29 is 8.78 Å². The van der Waals surface area contributed by atoms with Gasteiger partial charge in [0.25, 0.3) is 6.43 Å². The highest BCUT2D eigenvalue weighted by molar-refractivity contribution is 9.10. The Labute approximate surface area is 101 Å². The number of alkyl halides is 2. The highest BCUT2D eigenvalue weighted by Gasteiger charge is 2.31. The van der Waals surface area contributed by atoms with Gasteiger partial charge in [-0.1, -0.05) is 15.9 Å². The van der Waals surface area contributed by atoms with Gasteiger partial charge in [0.1, 0.15) is 0 Å². The Morgan fingerprint density at radius 1 is 1.56 bits per heavy atom. The smallest absolute Gasteiger partial charge is 0.256 e. The lowest BCUT2D eigenvalue weighted by molar-refractivity contribution is 0.0638. The lowest BCUT2D eigenvalue weighted by Crippen LogP contribution is -2.45. The predicted molar refractivity (Wildman–Crippen MR) is 61.2 cm³/mol. The quantitative estimate of drug-likeness (QED) is 0.930. The van der Waals surface area contributed by atoms with E-state index in [-0.39, 0.29) is 6.42 Å². The molecule has 1 unspecified atom stereocenters. The molecule has 0 spiro atoms. The Hall–Kier alpha value is -0.990. The molecular weight excluding hydrogens is 278 g/mol. The van der Waals surface area contributed by atoms with Crippen LogP contribution in [-0.2, 0) is 6.42 Å². The first-order valence-corrected chi connectivity index (χ1v) is 5.41. The van der Waals surface area contributed by atoms with Gasteiger partial charge in [0.15, 0.2) is 0 Å². The van der Waals surface area contributed by atoms with Gasteiger partial charge < -0.3 is 5.73 Å². The number of nitrogens with two attached hydrogens (primary N) is 1. The molecule has 1 aromatic rings. The van der Waals surface area contributed by atoms with Crippen molar-refractivity contribution in [1.29, 1.82) is 5.26 Å². The van der Waals surface area contributed by atoms with Crippen LogP contribution < -0.4 is 5.73 Å². The number of halogens is 3. The second kappa shape index (κ2) is 4.89. The highest BCUT2D eigenvalue weighted by Crippen LogP contribution is 2.25. The van der Waals surface area contributed by atoms with E-state index in [9.17, 15) is 8.78 Å². The average Bonchev–Trinajstić information content (AvgIpc) is 2.21. The molecule has 1 rings (SSSR count). The molecule has 0 heterocycles. The van der Waals surface area contributed by atoms with Crippen molar-refractivity contribution >= 4 is 15.9 Å². The van der Waals surface area contributed by atoms with Gasteiger partial charge in [-0.05, 0) is 37.1 Å². The van der Waals surface area contributed by atoms with Gasteiger partial charge >= 0.3 is 0 Å². The van der Waals surface area contributed by atoms with Crippen LogP contribution >= 0.6 is 15.9 Å². The monoisotopic (exact) mass is 288 g/mol. The van der Waals surface area contributed by atoms with Gasteiger partial charge in [-0.3, -0.25) is 0 Å². The molecule has 0 aliphatic heterocycles. The van der Waals surface area contributed by atoms with Gasteiger partial charge in [-0.25, -0.2) is 8.78 Å². The molecule has 1 atom stereocenters. The van der Waals surface area contributed by atoms with E-state index in [0.717, 1.165) is 0 Å². The van der Waals surface area contributed by atoms with Gasteiger partial charge in [-0.15, -0.1) is 0 Å². The average molecular weight is 289 g/mol. The zero-order valence-electron chi connectivity index (χ0n) is 8.67. The number of benzene rings is 1. The van der Waals surface area contributed by atoms with E-state index in [1.807, 2.05) is 6.07 Å². The molecule has 0 saturated carbocycles. The van der Waals surface area contributed by atoms with Crippen molar-refractivity contribution in [3.8, 4) is 6.07 Å². The second-order valence-corrected chi connectivity index (χ2v) is 4.76. The molecule has 0 radical (unpaired) electrons. The zero-order valence-corrected chi connectivity index (χ0v) is 10.3. The van der Waals surface area contributed by atoms with Gasteiger partial charge in [-0.2, -0.15) is 5.26 Å². The molecule has 0 aliphatic rings. The standard InChI is InChI=1S/C11H11BrF2N2/c1-11(16,10(13)14)5-8-4-7(6-15)2-3-9(8)12/h2-4,10H,5,16H2,1H3. The first-order valence-electron chi connectivity index (χ1n) is 4.62. The minimum atomic E-state index is -2.61. The lowest BCUT2D eigenvalue weighted by atomic mass is 9.93. The van der Waals surface area contributed by atoms with Crippen molar-refractivity contribution in [2.24, 2.45) is 5.73 Å². The molecule has 0 fully saturated rings. The van der Waals surface area contributed by atoms with Crippen molar-refractivity contribution in [3.05, 3.63) is 33.8 Å². The fourth-order valence-corrected chi connectivity index (χ4v) is 1.65. The third-order valence-electron chi connectivity index (χ3n) is 2.24. The summed E-state index contributed by atoms with van der Waals surface area (Å²) in [5, 5.41) is 8.72. The van der Waals surface area contributed by atoms with E-state index in [1.54, 1.807) is 18.2 Å². The minimum absolute atomic E-state index is 0.0147. The van der Waals surface area contributed by atoms with Crippen molar-refractivity contribution in [2.75, 3.05) is 0 Å². The Morgan fingerprint density at radius 3 is 2.69 bits per heavy atom. The van der Waals surface area contributed by atoms with Crippen LogP contribution in [0.1, 0.15) is 18.1 Å². The summed E-state index contributed by atoms with van der Waals surface area (Å²) in [6.45, 7) is 1.29. The van der Waals surface area contributed by atoms with Crippen LogP contribution in [0.5, 0.6) is 0 Å². The Kier molecular flexibility index (Phi) is 4.00. The fraction of sp³-hybridized carbons (Fsp3) is 0.364. The molecule has 86 valence electrons. The minimum Gasteiger partial charge on any atom is -0.320 e. The lowest BCUT2D eigenvalue weighted by Gasteiger charge is -2.24. The van der Waals surface area contributed by atoms with E-state index >= 15 is 0 Å². The van der Waals surface area contributed by atoms with Crippen molar-refractivity contribution in [2.45, 2.75) is 25.3 Å². The topological polar surface area (TPSA) is 49.8 Å². The summed E-state index contributed by atoms with van der Waals surface area (Å²) in [6, 6.07) is 6.80. The molecule has 16 heavy (non-hydrogen) atoms. The molecule has 0 aliphatic carbocycles. The van der Waals surface area contributed by atoms with Crippen LogP contribution in [0.15, 0.2) is 22.7 Å². The van der Waals surface area contributed by atoms with Crippen molar-refractivity contribution in [1.82, 2.24) is 0 Å². The largest absolute Gasteiger partial charge is 0.320 e. The predicted octanol–water partition coefficient (Wildman–Crippen LogP) is 2.85. The summed E-state index contributed by atoms with van der Waals surface area (Å²) >= 11 is 3.25. The maximum Gasteiger partial charge on any atom is 0.256 e. The Bertz CT molecular complexity index is 424. The van der Waals surface area contributed by atoms with Crippen LogP contribution in [0.2, 0.25) is 0 Å². The maximum atomic E-state index is 12.6. The number of nitriles is 1. The van der Waals surface area contributed by atoms with Crippen molar-refractivity contribution in [3.63, 3.8) is 0 Å². The molecule has 0 saturated heterocycles. The molecule has 2 N–H and O–H groups in total.